The molecular weight excluding hydrogens is 198 g/mol. The van der Waals surface area contributed by atoms with E-state index in [1.165, 1.54) is 5.56 Å². The van der Waals surface area contributed by atoms with Crippen LogP contribution in [0.4, 0.5) is 0 Å². The molecule has 0 fully saturated rings. The smallest absolute Gasteiger partial charge is 0.0636 e. The highest BCUT2D eigenvalue weighted by Crippen LogP contribution is 2.15. The number of rotatable bonds is 4. The van der Waals surface area contributed by atoms with Crippen LogP contribution in [-0.2, 0) is 6.54 Å². The Morgan fingerprint density at radius 2 is 2.21 bits per heavy atom. The maximum Gasteiger partial charge on any atom is 0.0636 e. The Morgan fingerprint density at radius 3 is 2.79 bits per heavy atom. The van der Waals surface area contributed by atoms with Crippen molar-refractivity contribution < 1.29 is 5.11 Å². The lowest BCUT2D eigenvalue weighted by Gasteiger charge is -2.07. The van der Waals surface area contributed by atoms with Gasteiger partial charge in [0.15, 0.2) is 0 Å². The van der Waals surface area contributed by atoms with Crippen molar-refractivity contribution in [1.82, 2.24) is 5.32 Å². The summed E-state index contributed by atoms with van der Waals surface area (Å²) < 4.78 is 0. The molecule has 0 bridgehead atoms. The molecule has 2 nitrogen and oxygen atoms in total. The van der Waals surface area contributed by atoms with Crippen molar-refractivity contribution in [2.45, 2.75) is 26.5 Å². The highest BCUT2D eigenvalue weighted by molar-refractivity contribution is 6.31. The average Bonchev–Trinajstić information content (AvgIpc) is 2.10. The Hall–Kier alpha value is -0.570. The summed E-state index contributed by atoms with van der Waals surface area (Å²) in [4.78, 5) is 0. The fraction of sp³-hybridized carbons (Fsp3) is 0.455. The van der Waals surface area contributed by atoms with Crippen molar-refractivity contribution in [1.29, 1.82) is 0 Å². The summed E-state index contributed by atoms with van der Waals surface area (Å²) in [5.74, 6) is 0. The number of halogens is 1. The summed E-state index contributed by atoms with van der Waals surface area (Å²) in [7, 11) is 0. The van der Waals surface area contributed by atoms with Crippen molar-refractivity contribution in [2.24, 2.45) is 0 Å². The molecule has 0 amide bonds. The largest absolute Gasteiger partial charge is 0.392 e. The van der Waals surface area contributed by atoms with Gasteiger partial charge in [0.1, 0.15) is 0 Å². The molecule has 0 aromatic heterocycles. The van der Waals surface area contributed by atoms with E-state index in [9.17, 15) is 0 Å². The molecule has 1 aromatic rings. The van der Waals surface area contributed by atoms with E-state index in [4.69, 9.17) is 16.7 Å². The highest BCUT2D eigenvalue weighted by atomic mass is 35.5. The first-order chi connectivity index (χ1) is 6.59. The molecule has 0 saturated heterocycles. The van der Waals surface area contributed by atoms with E-state index in [0.717, 1.165) is 17.1 Å². The van der Waals surface area contributed by atoms with Gasteiger partial charge in [0, 0.05) is 18.1 Å². The number of aliphatic hydroxyl groups excluding tert-OH is 1. The van der Waals surface area contributed by atoms with Crippen molar-refractivity contribution >= 4 is 11.6 Å². The van der Waals surface area contributed by atoms with Gasteiger partial charge in [-0.3, -0.25) is 0 Å². The molecule has 3 heteroatoms. The SMILES string of the molecule is Cc1cc(CNCC(C)O)ccc1Cl. The zero-order valence-electron chi connectivity index (χ0n) is 8.55. The predicted octanol–water partition coefficient (Wildman–Crippen LogP) is 2.12. The van der Waals surface area contributed by atoms with Gasteiger partial charge in [-0.15, -0.1) is 0 Å². The third-order valence-electron chi connectivity index (χ3n) is 1.99. The lowest BCUT2D eigenvalue weighted by atomic mass is 10.1. The van der Waals surface area contributed by atoms with Crippen LogP contribution in [0.5, 0.6) is 0 Å². The fourth-order valence-electron chi connectivity index (χ4n) is 1.24. The number of benzene rings is 1. The molecule has 0 aliphatic rings. The van der Waals surface area contributed by atoms with Gasteiger partial charge in [-0.2, -0.15) is 0 Å². The minimum atomic E-state index is -0.302. The number of hydrogen-bond donors (Lipinski definition) is 2. The van der Waals surface area contributed by atoms with Gasteiger partial charge in [-0.05, 0) is 31.0 Å². The molecule has 1 rings (SSSR count). The zero-order chi connectivity index (χ0) is 10.6. The van der Waals surface area contributed by atoms with Crippen LogP contribution < -0.4 is 5.32 Å². The summed E-state index contributed by atoms with van der Waals surface area (Å²) >= 11 is 5.90. The molecule has 0 saturated carbocycles. The number of aliphatic hydroxyl groups is 1. The lowest BCUT2D eigenvalue weighted by molar-refractivity contribution is 0.191. The van der Waals surface area contributed by atoms with E-state index >= 15 is 0 Å². The Morgan fingerprint density at radius 1 is 1.50 bits per heavy atom. The molecule has 0 radical (unpaired) electrons. The fourth-order valence-corrected chi connectivity index (χ4v) is 1.36. The van der Waals surface area contributed by atoms with Crippen molar-refractivity contribution in [3.05, 3.63) is 34.3 Å². The van der Waals surface area contributed by atoms with Gasteiger partial charge in [0.05, 0.1) is 6.10 Å². The maximum absolute atomic E-state index is 9.05. The highest BCUT2D eigenvalue weighted by Gasteiger charge is 1.98. The van der Waals surface area contributed by atoms with Crippen LogP contribution in [0.3, 0.4) is 0 Å². The molecule has 0 aliphatic carbocycles. The van der Waals surface area contributed by atoms with Crippen LogP contribution in [0, 0.1) is 6.92 Å². The first kappa shape index (κ1) is 11.5. The summed E-state index contributed by atoms with van der Waals surface area (Å²) in [6, 6.07) is 5.94. The Kier molecular flexibility index (Phi) is 4.39. The third kappa shape index (κ3) is 3.66. The van der Waals surface area contributed by atoms with Crippen LogP contribution >= 0.6 is 11.6 Å². The summed E-state index contributed by atoms with van der Waals surface area (Å²) in [6.07, 6.45) is -0.302. The van der Waals surface area contributed by atoms with Gasteiger partial charge in [0.2, 0.25) is 0 Å². The van der Waals surface area contributed by atoms with E-state index in [0.29, 0.717) is 6.54 Å². The van der Waals surface area contributed by atoms with Gasteiger partial charge in [-0.1, -0.05) is 23.7 Å². The second-order valence-corrected chi connectivity index (χ2v) is 3.97. The molecular formula is C11H16ClNO. The van der Waals surface area contributed by atoms with Crippen LogP contribution in [0.1, 0.15) is 18.1 Å². The molecule has 1 unspecified atom stereocenters. The molecule has 1 atom stereocenters. The minimum Gasteiger partial charge on any atom is -0.392 e. The van der Waals surface area contributed by atoms with Gasteiger partial charge in [0.25, 0.3) is 0 Å². The summed E-state index contributed by atoms with van der Waals surface area (Å²) in [5.41, 5.74) is 2.27. The van der Waals surface area contributed by atoms with Gasteiger partial charge >= 0.3 is 0 Å². The van der Waals surface area contributed by atoms with Crippen LogP contribution in [0.2, 0.25) is 5.02 Å². The van der Waals surface area contributed by atoms with E-state index in [-0.39, 0.29) is 6.10 Å². The average molecular weight is 214 g/mol. The Labute approximate surface area is 89.9 Å². The number of nitrogens with one attached hydrogen (secondary N) is 1. The van der Waals surface area contributed by atoms with Crippen LogP contribution in [-0.4, -0.2) is 17.8 Å². The van der Waals surface area contributed by atoms with E-state index < -0.39 is 0 Å². The zero-order valence-corrected chi connectivity index (χ0v) is 9.30. The van der Waals surface area contributed by atoms with E-state index in [1.54, 1.807) is 6.92 Å². The molecule has 78 valence electrons. The number of hydrogen-bond acceptors (Lipinski definition) is 2. The quantitative estimate of drug-likeness (QED) is 0.803. The van der Waals surface area contributed by atoms with E-state index in [1.807, 2.05) is 19.1 Å². The lowest BCUT2D eigenvalue weighted by Crippen LogP contribution is -2.23. The molecule has 1 aromatic carbocycles. The minimum absolute atomic E-state index is 0.302. The summed E-state index contributed by atoms with van der Waals surface area (Å²) in [5, 5.41) is 13.0. The molecule has 14 heavy (non-hydrogen) atoms. The monoisotopic (exact) mass is 213 g/mol. The first-order valence-electron chi connectivity index (χ1n) is 4.73. The Balaban J connectivity index is 2.47. The second-order valence-electron chi connectivity index (χ2n) is 3.56. The van der Waals surface area contributed by atoms with E-state index in [2.05, 4.69) is 11.4 Å². The maximum atomic E-state index is 9.05. The third-order valence-corrected chi connectivity index (χ3v) is 2.42. The molecule has 2 N–H and O–H groups in total. The standard InChI is InChI=1S/C11H16ClNO/c1-8-5-10(3-4-11(8)12)7-13-6-9(2)14/h3-5,9,13-14H,6-7H2,1-2H3. The van der Waals surface area contributed by atoms with Crippen molar-refractivity contribution in [3.63, 3.8) is 0 Å². The predicted molar refractivity (Wildman–Crippen MR) is 59.6 cm³/mol. The topological polar surface area (TPSA) is 32.3 Å². The second kappa shape index (κ2) is 5.35. The molecule has 0 spiro atoms. The number of aryl methyl sites for hydroxylation is 1. The summed E-state index contributed by atoms with van der Waals surface area (Å²) in [6.45, 7) is 5.13. The van der Waals surface area contributed by atoms with Gasteiger partial charge in [-0.25, -0.2) is 0 Å². The van der Waals surface area contributed by atoms with Crippen molar-refractivity contribution in [3.8, 4) is 0 Å². The molecule has 0 heterocycles. The van der Waals surface area contributed by atoms with Crippen LogP contribution in [0.15, 0.2) is 18.2 Å². The van der Waals surface area contributed by atoms with Gasteiger partial charge < -0.3 is 10.4 Å². The van der Waals surface area contributed by atoms with Crippen molar-refractivity contribution in [2.75, 3.05) is 6.54 Å². The Bertz CT molecular complexity index is 299. The first-order valence-corrected chi connectivity index (χ1v) is 5.11. The normalized spacial score (nSPS) is 12.9. The van der Waals surface area contributed by atoms with Crippen LogP contribution in [0.25, 0.3) is 0 Å². The molecule has 0 aliphatic heterocycles.